The number of hydrogen-bond acceptors (Lipinski definition) is 5. The predicted molar refractivity (Wildman–Crippen MR) is 109 cm³/mol. The lowest BCUT2D eigenvalue weighted by Gasteiger charge is -2.26. The maximum Gasteiger partial charge on any atom is 0.387 e. The summed E-state index contributed by atoms with van der Waals surface area (Å²) in [6.45, 7) is -2.46. The number of halogens is 2. The fourth-order valence-corrected chi connectivity index (χ4v) is 5.81. The molecule has 0 radical (unpaired) electrons. The topological polar surface area (TPSA) is 88.9 Å². The maximum atomic E-state index is 13.3. The van der Waals surface area contributed by atoms with Gasteiger partial charge in [-0.15, -0.1) is 0 Å². The normalized spacial score (nSPS) is 19.2. The van der Waals surface area contributed by atoms with E-state index in [1.807, 2.05) is 0 Å². The minimum Gasteiger partial charge on any atom is -0.467 e. The van der Waals surface area contributed by atoms with Gasteiger partial charge in [-0.3, -0.25) is 4.79 Å². The molecule has 2 aliphatic rings. The number of sulfonamides is 1. The summed E-state index contributed by atoms with van der Waals surface area (Å²) in [7, 11) is -3.84. The van der Waals surface area contributed by atoms with Crippen LogP contribution in [0, 0.1) is 0 Å². The van der Waals surface area contributed by atoms with Crippen LogP contribution in [0.4, 0.5) is 8.78 Å². The van der Waals surface area contributed by atoms with Gasteiger partial charge in [0.25, 0.3) is 0 Å². The fourth-order valence-electron chi connectivity index (χ4n) is 3.97. The molecule has 7 nitrogen and oxygen atoms in total. The van der Waals surface area contributed by atoms with E-state index in [0.717, 1.165) is 5.56 Å². The van der Waals surface area contributed by atoms with E-state index in [2.05, 4.69) is 10.1 Å². The zero-order valence-corrected chi connectivity index (χ0v) is 17.4. The van der Waals surface area contributed by atoms with Crippen LogP contribution in [0.25, 0.3) is 6.08 Å². The summed E-state index contributed by atoms with van der Waals surface area (Å²) >= 11 is 0. The number of rotatable bonds is 7. The molecule has 2 heterocycles. The van der Waals surface area contributed by atoms with Gasteiger partial charge >= 0.3 is 6.61 Å². The quantitative estimate of drug-likeness (QED) is 0.697. The smallest absolute Gasteiger partial charge is 0.387 e. The molecule has 0 bridgehead atoms. The highest BCUT2D eigenvalue weighted by Gasteiger charge is 2.40. The molecule has 0 spiro atoms. The first kappa shape index (κ1) is 21.5. The molecule has 1 aromatic heterocycles. The summed E-state index contributed by atoms with van der Waals surface area (Å²) in [5, 5.41) is 2.74. The number of carbonyl (C=O) groups is 1. The van der Waals surface area contributed by atoms with Crippen LogP contribution >= 0.6 is 0 Å². The Morgan fingerprint density at radius 2 is 2.13 bits per heavy atom. The molecule has 1 aliphatic heterocycles. The van der Waals surface area contributed by atoms with Gasteiger partial charge in [-0.05, 0) is 67.2 Å². The Hall–Kier alpha value is -2.72. The van der Waals surface area contributed by atoms with Crippen LogP contribution in [0.1, 0.15) is 36.1 Å². The van der Waals surface area contributed by atoms with Crippen molar-refractivity contribution in [3.05, 3.63) is 58.4 Å². The van der Waals surface area contributed by atoms with E-state index in [4.69, 9.17) is 4.42 Å². The number of fused-ring (bicyclic) bond motifs is 1. The van der Waals surface area contributed by atoms with Crippen LogP contribution in [-0.4, -0.2) is 37.8 Å². The van der Waals surface area contributed by atoms with E-state index in [0.29, 0.717) is 30.6 Å². The third-order valence-electron chi connectivity index (χ3n) is 5.46. The van der Waals surface area contributed by atoms with Gasteiger partial charge in [0.05, 0.1) is 17.7 Å². The van der Waals surface area contributed by atoms with Crippen molar-refractivity contribution < 1.29 is 31.1 Å². The number of nitrogens with one attached hydrogen (secondary N) is 1. The lowest BCUT2D eigenvalue weighted by atomic mass is 9.97. The Balaban J connectivity index is 1.50. The molecule has 4 rings (SSSR count). The molecule has 10 heteroatoms. The Bertz CT molecular complexity index is 1080. The summed E-state index contributed by atoms with van der Waals surface area (Å²) in [6.07, 6.45) is 4.70. The number of benzene rings is 1. The average Bonchev–Trinajstić information content (AvgIpc) is 3.43. The molecule has 2 aromatic rings. The molecule has 166 valence electrons. The van der Waals surface area contributed by atoms with Crippen molar-refractivity contribution >= 4 is 22.0 Å². The van der Waals surface area contributed by atoms with E-state index in [9.17, 15) is 22.0 Å². The molecule has 1 amide bonds. The summed E-state index contributed by atoms with van der Waals surface area (Å²) in [5.74, 6) is 0.270. The summed E-state index contributed by atoms with van der Waals surface area (Å²) in [4.78, 5) is 12.9. The summed E-state index contributed by atoms with van der Waals surface area (Å²) in [6, 6.07) is 7.12. The van der Waals surface area contributed by atoms with Crippen LogP contribution in [-0.2, 0) is 27.8 Å². The van der Waals surface area contributed by atoms with Crippen molar-refractivity contribution in [2.45, 2.75) is 44.9 Å². The highest BCUT2D eigenvalue weighted by molar-refractivity contribution is 7.93. The van der Waals surface area contributed by atoms with Gasteiger partial charge in [0, 0.05) is 6.54 Å². The third kappa shape index (κ3) is 4.64. The van der Waals surface area contributed by atoms with Crippen molar-refractivity contribution in [1.82, 2.24) is 9.62 Å². The number of ether oxygens (including phenoxy) is 1. The third-order valence-corrected chi connectivity index (χ3v) is 7.50. The van der Waals surface area contributed by atoms with Crippen molar-refractivity contribution in [2.24, 2.45) is 0 Å². The highest BCUT2D eigenvalue weighted by atomic mass is 32.2. The number of nitrogens with zero attached hydrogens (tertiary/aromatic N) is 1. The standard InChI is InChI=1S/C21H22F2N2O5S/c22-21(23)30-16-7-5-15-12-18(8-6-14(15)11-16)31(27,28)25-9-1-4-19(25)20(26)24-13-17-3-2-10-29-17/h2-3,5,7,10-12,19,21H,1,4,6,8-9,13H2,(H,24,26). The molecule has 1 N–H and O–H groups in total. The van der Waals surface area contributed by atoms with Crippen molar-refractivity contribution in [3.63, 3.8) is 0 Å². The average molecular weight is 452 g/mol. The number of furan rings is 1. The molecule has 0 saturated carbocycles. The monoisotopic (exact) mass is 452 g/mol. The van der Waals surface area contributed by atoms with Crippen LogP contribution in [0.2, 0.25) is 0 Å². The van der Waals surface area contributed by atoms with Crippen molar-refractivity contribution in [1.29, 1.82) is 0 Å². The SMILES string of the molecule is O=C(NCc1ccco1)C1CCCN1S(=O)(=O)C1=Cc2ccc(OC(F)F)cc2CC1. The summed E-state index contributed by atoms with van der Waals surface area (Å²) < 4.78 is 62.3. The Labute approximate surface area is 178 Å². The molecule has 1 aromatic carbocycles. The second-order valence-electron chi connectivity index (χ2n) is 7.42. The number of hydrogen-bond donors (Lipinski definition) is 1. The molecule has 1 aliphatic carbocycles. The van der Waals surface area contributed by atoms with Gasteiger partial charge in [-0.1, -0.05) is 6.07 Å². The van der Waals surface area contributed by atoms with Crippen LogP contribution in [0.15, 0.2) is 45.9 Å². The second-order valence-corrected chi connectivity index (χ2v) is 9.36. The summed E-state index contributed by atoms with van der Waals surface area (Å²) in [5.41, 5.74) is 1.38. The number of alkyl halides is 2. The van der Waals surface area contributed by atoms with E-state index < -0.39 is 22.7 Å². The largest absolute Gasteiger partial charge is 0.467 e. The molecule has 1 atom stereocenters. The van der Waals surface area contributed by atoms with Crippen molar-refractivity contribution in [2.75, 3.05) is 6.54 Å². The first-order valence-corrected chi connectivity index (χ1v) is 11.4. The van der Waals surface area contributed by atoms with Gasteiger partial charge in [0.15, 0.2) is 0 Å². The van der Waals surface area contributed by atoms with Gasteiger partial charge in [-0.2, -0.15) is 13.1 Å². The zero-order chi connectivity index (χ0) is 22.0. The predicted octanol–water partition coefficient (Wildman–Crippen LogP) is 3.28. The Kier molecular flexibility index (Phi) is 6.10. The number of allylic oxidation sites excluding steroid dienone is 1. The first-order chi connectivity index (χ1) is 14.8. The second kappa shape index (κ2) is 8.80. The number of carbonyl (C=O) groups excluding carboxylic acids is 1. The van der Waals surface area contributed by atoms with Crippen LogP contribution < -0.4 is 10.1 Å². The van der Waals surface area contributed by atoms with Crippen LogP contribution in [0.3, 0.4) is 0 Å². The molecule has 31 heavy (non-hydrogen) atoms. The molecular weight excluding hydrogens is 430 g/mol. The molecular formula is C21H22F2N2O5S. The fraction of sp³-hybridized carbons (Fsp3) is 0.381. The van der Waals surface area contributed by atoms with E-state index in [1.54, 1.807) is 24.3 Å². The van der Waals surface area contributed by atoms with Gasteiger partial charge in [0.1, 0.15) is 17.6 Å². The van der Waals surface area contributed by atoms with E-state index in [1.165, 1.54) is 22.7 Å². The number of amides is 1. The maximum absolute atomic E-state index is 13.3. The van der Waals surface area contributed by atoms with Gasteiger partial charge in [0.2, 0.25) is 15.9 Å². The minimum atomic E-state index is -3.84. The first-order valence-electron chi connectivity index (χ1n) is 9.95. The minimum absolute atomic E-state index is 0.0429. The van der Waals surface area contributed by atoms with Gasteiger partial charge < -0.3 is 14.5 Å². The molecule has 1 unspecified atom stereocenters. The van der Waals surface area contributed by atoms with E-state index >= 15 is 0 Å². The highest BCUT2D eigenvalue weighted by Crippen LogP contribution is 2.34. The van der Waals surface area contributed by atoms with E-state index in [-0.39, 0.29) is 36.1 Å². The number of aryl methyl sites for hydroxylation is 1. The molecule has 1 fully saturated rings. The zero-order valence-electron chi connectivity index (χ0n) is 16.6. The Morgan fingerprint density at radius 1 is 1.29 bits per heavy atom. The Morgan fingerprint density at radius 3 is 2.87 bits per heavy atom. The van der Waals surface area contributed by atoms with Gasteiger partial charge in [-0.25, -0.2) is 8.42 Å². The lowest BCUT2D eigenvalue weighted by molar-refractivity contribution is -0.124. The molecule has 1 saturated heterocycles. The van der Waals surface area contributed by atoms with Crippen molar-refractivity contribution in [3.8, 4) is 5.75 Å². The lowest BCUT2D eigenvalue weighted by Crippen LogP contribution is -2.46. The van der Waals surface area contributed by atoms with Crippen LogP contribution in [0.5, 0.6) is 5.75 Å².